The molecule has 8 unspecified atom stereocenters. The Hall–Kier alpha value is -0.460. The Bertz CT molecular complexity index is 684. The molecular weight excluding hydrogens is 354 g/mol. The predicted molar refractivity (Wildman–Crippen MR) is 106 cm³/mol. The third kappa shape index (κ3) is 2.56. The van der Waals surface area contributed by atoms with Gasteiger partial charge in [-0.25, -0.2) is 0 Å². The molecule has 0 bridgehead atoms. The molecule has 0 aromatic rings. The highest BCUT2D eigenvalue weighted by atomic mass is 16.7. The van der Waals surface area contributed by atoms with Gasteiger partial charge in [-0.05, 0) is 74.0 Å². The van der Waals surface area contributed by atoms with Crippen LogP contribution in [-0.4, -0.2) is 41.0 Å². The number of rotatable bonds is 1. The lowest BCUT2D eigenvalue weighted by molar-refractivity contribution is -0.224. The van der Waals surface area contributed by atoms with Crippen LogP contribution in [0.25, 0.3) is 0 Å². The van der Waals surface area contributed by atoms with Crippen LogP contribution < -0.4 is 5.73 Å². The molecular formula is C23H37NO4. The van der Waals surface area contributed by atoms with E-state index in [4.69, 9.17) is 15.2 Å². The highest BCUT2D eigenvalue weighted by Gasteiger charge is 2.65. The fourth-order valence-electron chi connectivity index (χ4n) is 8.40. The molecule has 0 aromatic heterocycles. The predicted octanol–water partition coefficient (Wildman–Crippen LogP) is 2.95. The van der Waals surface area contributed by atoms with Gasteiger partial charge < -0.3 is 25.4 Å². The summed E-state index contributed by atoms with van der Waals surface area (Å²) in [6.07, 6.45) is 8.17. The molecule has 5 nitrogen and oxygen atoms in total. The first-order valence-corrected chi connectivity index (χ1v) is 11.3. The van der Waals surface area contributed by atoms with Crippen LogP contribution in [0.4, 0.5) is 0 Å². The van der Waals surface area contributed by atoms with Crippen LogP contribution in [0.1, 0.15) is 65.7 Å². The second-order valence-electron chi connectivity index (χ2n) is 11.1. The first-order valence-electron chi connectivity index (χ1n) is 11.3. The van der Waals surface area contributed by atoms with Crippen molar-refractivity contribution in [1.82, 2.24) is 0 Å². The van der Waals surface area contributed by atoms with Crippen LogP contribution in [0, 0.1) is 34.5 Å². The molecule has 5 aliphatic rings. The zero-order valence-electron chi connectivity index (χ0n) is 17.6. The maximum atomic E-state index is 11.5. The van der Waals surface area contributed by atoms with E-state index < -0.39 is 11.5 Å². The highest BCUT2D eigenvalue weighted by Crippen LogP contribution is 2.68. The van der Waals surface area contributed by atoms with Crippen LogP contribution in [0.5, 0.6) is 0 Å². The normalized spacial score (nSPS) is 55.2. The number of aliphatic hydroxyl groups is 2. The maximum Gasteiger partial charge on any atom is 0.169 e. The molecule has 8 atom stereocenters. The lowest BCUT2D eigenvalue weighted by Crippen LogP contribution is -2.59. The van der Waals surface area contributed by atoms with E-state index in [2.05, 4.69) is 26.8 Å². The van der Waals surface area contributed by atoms with E-state index >= 15 is 0 Å². The van der Waals surface area contributed by atoms with Crippen molar-refractivity contribution in [2.75, 3.05) is 13.2 Å². The Kier molecular flexibility index (Phi) is 4.21. The SMILES string of the molecule is CC1(C2CCC3C4CC=C5CC(N)(O)CCC5(C)C4C(O)CC32C)OCCO1. The van der Waals surface area contributed by atoms with Crippen molar-refractivity contribution in [3.8, 4) is 0 Å². The summed E-state index contributed by atoms with van der Waals surface area (Å²) in [7, 11) is 0. The first-order chi connectivity index (χ1) is 13.1. The van der Waals surface area contributed by atoms with Crippen LogP contribution in [0.2, 0.25) is 0 Å². The summed E-state index contributed by atoms with van der Waals surface area (Å²) >= 11 is 0. The van der Waals surface area contributed by atoms with Gasteiger partial charge in [0.1, 0.15) is 5.72 Å². The van der Waals surface area contributed by atoms with Crippen molar-refractivity contribution in [3.63, 3.8) is 0 Å². The number of hydrogen-bond donors (Lipinski definition) is 3. The Morgan fingerprint density at radius 3 is 2.54 bits per heavy atom. The fraction of sp³-hybridized carbons (Fsp3) is 0.913. The molecule has 158 valence electrons. The fourth-order valence-corrected chi connectivity index (χ4v) is 8.40. The van der Waals surface area contributed by atoms with Gasteiger partial charge in [-0.1, -0.05) is 25.5 Å². The van der Waals surface area contributed by atoms with Gasteiger partial charge in [0.25, 0.3) is 0 Å². The van der Waals surface area contributed by atoms with Crippen molar-refractivity contribution in [2.24, 2.45) is 40.2 Å². The topological polar surface area (TPSA) is 84.9 Å². The first kappa shape index (κ1) is 19.5. The third-order valence-corrected chi connectivity index (χ3v) is 9.62. The van der Waals surface area contributed by atoms with E-state index in [0.717, 1.165) is 25.7 Å². The molecule has 4 fully saturated rings. The number of aliphatic hydroxyl groups excluding tert-OH is 1. The molecule has 4 N–H and O–H groups in total. The number of ether oxygens (including phenoxy) is 2. The van der Waals surface area contributed by atoms with Gasteiger partial charge in [-0.2, -0.15) is 0 Å². The minimum atomic E-state index is -1.09. The monoisotopic (exact) mass is 391 g/mol. The number of nitrogens with two attached hydrogens (primary N) is 1. The van der Waals surface area contributed by atoms with Gasteiger partial charge in [0, 0.05) is 12.3 Å². The van der Waals surface area contributed by atoms with Gasteiger partial charge in [0.2, 0.25) is 0 Å². The Morgan fingerprint density at radius 2 is 1.82 bits per heavy atom. The van der Waals surface area contributed by atoms with Crippen molar-refractivity contribution in [3.05, 3.63) is 11.6 Å². The van der Waals surface area contributed by atoms with Gasteiger partial charge in [-0.15, -0.1) is 0 Å². The van der Waals surface area contributed by atoms with Crippen molar-refractivity contribution < 1.29 is 19.7 Å². The summed E-state index contributed by atoms with van der Waals surface area (Å²) in [4.78, 5) is 0. The summed E-state index contributed by atoms with van der Waals surface area (Å²) < 4.78 is 12.2. The second kappa shape index (κ2) is 6.04. The van der Waals surface area contributed by atoms with E-state index in [-0.39, 0.29) is 22.9 Å². The van der Waals surface area contributed by atoms with Crippen LogP contribution in [0.3, 0.4) is 0 Å². The zero-order valence-corrected chi connectivity index (χ0v) is 17.6. The third-order valence-electron chi connectivity index (χ3n) is 9.62. The molecule has 3 saturated carbocycles. The molecule has 0 radical (unpaired) electrons. The maximum absolute atomic E-state index is 11.5. The van der Waals surface area contributed by atoms with E-state index in [9.17, 15) is 10.2 Å². The van der Waals surface area contributed by atoms with E-state index in [1.807, 2.05) is 0 Å². The van der Waals surface area contributed by atoms with Gasteiger partial charge in [0.15, 0.2) is 5.79 Å². The molecule has 0 aromatic carbocycles. The highest BCUT2D eigenvalue weighted by molar-refractivity contribution is 5.28. The number of allylic oxidation sites excluding steroid dienone is 1. The molecule has 0 spiro atoms. The largest absolute Gasteiger partial charge is 0.393 e. The number of fused-ring (bicyclic) bond motifs is 5. The minimum Gasteiger partial charge on any atom is -0.393 e. The van der Waals surface area contributed by atoms with Gasteiger partial charge in [0.05, 0.1) is 19.3 Å². The molecule has 1 heterocycles. The van der Waals surface area contributed by atoms with Crippen molar-refractivity contribution in [1.29, 1.82) is 0 Å². The summed E-state index contributed by atoms with van der Waals surface area (Å²) in [6, 6.07) is 0. The quantitative estimate of drug-likeness (QED) is 0.473. The average Bonchev–Trinajstić information content (AvgIpc) is 3.19. The van der Waals surface area contributed by atoms with Crippen molar-refractivity contribution in [2.45, 2.75) is 83.3 Å². The molecule has 28 heavy (non-hydrogen) atoms. The van der Waals surface area contributed by atoms with E-state index in [1.54, 1.807) is 0 Å². The van der Waals surface area contributed by atoms with E-state index in [1.165, 1.54) is 12.0 Å². The summed E-state index contributed by atoms with van der Waals surface area (Å²) in [5, 5.41) is 21.9. The molecule has 1 aliphatic heterocycles. The van der Waals surface area contributed by atoms with Crippen LogP contribution >= 0.6 is 0 Å². The van der Waals surface area contributed by atoms with Gasteiger partial charge >= 0.3 is 0 Å². The lowest BCUT2D eigenvalue weighted by Gasteiger charge is -2.60. The Morgan fingerprint density at radius 1 is 1.11 bits per heavy atom. The number of hydrogen-bond acceptors (Lipinski definition) is 5. The standard InChI is InChI=1S/C23H37NO4/c1-20-8-9-23(24,26)12-14(20)4-5-15-16-6-7-18(22(3)27-10-11-28-22)21(16,2)13-17(25)19(15)20/h4,15-19,25-26H,5-13,24H2,1-3H3. The molecule has 5 heteroatoms. The van der Waals surface area contributed by atoms with Crippen LogP contribution in [0.15, 0.2) is 11.6 Å². The molecule has 1 saturated heterocycles. The smallest absolute Gasteiger partial charge is 0.169 e. The van der Waals surface area contributed by atoms with Gasteiger partial charge in [-0.3, -0.25) is 0 Å². The lowest BCUT2D eigenvalue weighted by atomic mass is 9.46. The van der Waals surface area contributed by atoms with Crippen LogP contribution in [-0.2, 0) is 9.47 Å². The molecule has 5 rings (SSSR count). The second-order valence-corrected chi connectivity index (χ2v) is 11.1. The zero-order chi connectivity index (χ0) is 19.9. The molecule has 4 aliphatic carbocycles. The molecule has 0 amide bonds. The van der Waals surface area contributed by atoms with Crippen molar-refractivity contribution >= 4 is 0 Å². The summed E-state index contributed by atoms with van der Waals surface area (Å²) in [6.45, 7) is 8.16. The Labute approximate surface area is 168 Å². The summed E-state index contributed by atoms with van der Waals surface area (Å²) in [5.74, 6) is 1.17. The Balaban J connectivity index is 1.49. The average molecular weight is 392 g/mol. The minimum absolute atomic E-state index is 0.0440. The summed E-state index contributed by atoms with van der Waals surface area (Å²) in [5.41, 5.74) is 6.27. The van der Waals surface area contributed by atoms with E-state index in [0.29, 0.717) is 43.8 Å².